The molecule has 18 heavy (non-hydrogen) atoms. The molecule has 0 saturated carbocycles. The summed E-state index contributed by atoms with van der Waals surface area (Å²) in [5.74, 6) is 0.805. The summed E-state index contributed by atoms with van der Waals surface area (Å²) in [6.45, 7) is 1.00. The van der Waals surface area contributed by atoms with Crippen molar-refractivity contribution >= 4 is 27.5 Å². The molecule has 2 nitrogen and oxygen atoms in total. The molecular formula is C14H13BrClNO. The summed E-state index contributed by atoms with van der Waals surface area (Å²) in [5.41, 5.74) is 7.70. The Hall–Kier alpha value is -1.03. The lowest BCUT2D eigenvalue weighted by Gasteiger charge is -2.08. The molecule has 0 atom stereocenters. The van der Waals surface area contributed by atoms with Gasteiger partial charge in [-0.25, -0.2) is 0 Å². The minimum absolute atomic E-state index is 0.495. The van der Waals surface area contributed by atoms with Crippen LogP contribution in [0.1, 0.15) is 11.1 Å². The van der Waals surface area contributed by atoms with Crippen molar-refractivity contribution in [1.82, 2.24) is 0 Å². The van der Waals surface area contributed by atoms with E-state index in [4.69, 9.17) is 22.1 Å². The second-order valence-corrected chi connectivity index (χ2v) is 5.17. The predicted octanol–water partition coefficient (Wildman–Crippen LogP) is 4.14. The molecular weight excluding hydrogens is 314 g/mol. The van der Waals surface area contributed by atoms with Crippen LogP contribution in [0, 0.1) is 0 Å². The van der Waals surface area contributed by atoms with E-state index in [9.17, 15) is 0 Å². The van der Waals surface area contributed by atoms with Crippen molar-refractivity contribution < 1.29 is 4.74 Å². The van der Waals surface area contributed by atoms with Crippen molar-refractivity contribution in [1.29, 1.82) is 0 Å². The molecule has 4 heteroatoms. The lowest BCUT2D eigenvalue weighted by molar-refractivity contribution is 0.306. The van der Waals surface area contributed by atoms with Crippen LogP contribution in [0.25, 0.3) is 0 Å². The van der Waals surface area contributed by atoms with Gasteiger partial charge in [-0.2, -0.15) is 0 Å². The fourth-order valence-corrected chi connectivity index (χ4v) is 2.31. The van der Waals surface area contributed by atoms with Crippen molar-refractivity contribution in [2.24, 2.45) is 5.73 Å². The zero-order valence-corrected chi connectivity index (χ0v) is 12.0. The van der Waals surface area contributed by atoms with E-state index in [1.165, 1.54) is 0 Å². The molecule has 0 aliphatic heterocycles. The van der Waals surface area contributed by atoms with Crippen LogP contribution in [0.3, 0.4) is 0 Å². The summed E-state index contributed by atoms with van der Waals surface area (Å²) in [5, 5.41) is 0.718. The van der Waals surface area contributed by atoms with E-state index >= 15 is 0 Å². The molecule has 0 aromatic heterocycles. The van der Waals surface area contributed by atoms with Gasteiger partial charge in [-0.05, 0) is 35.4 Å². The second-order valence-electron chi connectivity index (χ2n) is 3.88. The van der Waals surface area contributed by atoms with Crippen LogP contribution < -0.4 is 10.5 Å². The Morgan fingerprint density at radius 1 is 1.17 bits per heavy atom. The van der Waals surface area contributed by atoms with Crippen LogP contribution in [0.5, 0.6) is 5.75 Å². The Balaban J connectivity index is 2.04. The highest BCUT2D eigenvalue weighted by molar-refractivity contribution is 9.10. The summed E-state index contributed by atoms with van der Waals surface area (Å²) >= 11 is 9.38. The third-order valence-electron chi connectivity index (χ3n) is 2.54. The molecule has 0 aliphatic rings. The molecule has 0 radical (unpaired) electrons. The number of benzene rings is 2. The Kier molecular flexibility index (Phi) is 4.64. The number of halogens is 2. The molecule has 0 heterocycles. The van der Waals surface area contributed by atoms with Gasteiger partial charge in [-0.15, -0.1) is 0 Å². The first kappa shape index (κ1) is 13.4. The van der Waals surface area contributed by atoms with Gasteiger partial charge >= 0.3 is 0 Å². The zero-order valence-electron chi connectivity index (χ0n) is 9.70. The van der Waals surface area contributed by atoms with Crippen LogP contribution >= 0.6 is 27.5 Å². The van der Waals surface area contributed by atoms with E-state index in [0.29, 0.717) is 13.2 Å². The first-order valence-electron chi connectivity index (χ1n) is 5.55. The molecule has 0 unspecified atom stereocenters. The highest BCUT2D eigenvalue weighted by Gasteiger charge is 2.01. The van der Waals surface area contributed by atoms with Crippen LogP contribution in [-0.2, 0) is 13.2 Å². The van der Waals surface area contributed by atoms with E-state index in [2.05, 4.69) is 15.9 Å². The number of nitrogens with two attached hydrogens (primary N) is 1. The monoisotopic (exact) mass is 325 g/mol. The average molecular weight is 327 g/mol. The summed E-state index contributed by atoms with van der Waals surface area (Å²) < 4.78 is 6.66. The molecule has 0 saturated heterocycles. The maximum atomic E-state index is 5.91. The third-order valence-corrected chi connectivity index (χ3v) is 3.51. The van der Waals surface area contributed by atoms with Gasteiger partial charge in [0.15, 0.2) is 0 Å². The van der Waals surface area contributed by atoms with Crippen LogP contribution in [0.2, 0.25) is 5.02 Å². The maximum Gasteiger partial charge on any atom is 0.120 e. The van der Waals surface area contributed by atoms with E-state index in [1.54, 1.807) is 0 Å². The average Bonchev–Trinajstić information content (AvgIpc) is 2.37. The van der Waals surface area contributed by atoms with Gasteiger partial charge in [0, 0.05) is 16.0 Å². The summed E-state index contributed by atoms with van der Waals surface area (Å²) in [6.07, 6.45) is 0. The lowest BCUT2D eigenvalue weighted by Crippen LogP contribution is -1.99. The number of ether oxygens (including phenoxy) is 1. The van der Waals surface area contributed by atoms with Crippen molar-refractivity contribution in [2.75, 3.05) is 0 Å². The molecule has 0 spiro atoms. The van der Waals surface area contributed by atoms with Crippen molar-refractivity contribution in [3.63, 3.8) is 0 Å². The van der Waals surface area contributed by atoms with Crippen molar-refractivity contribution in [3.8, 4) is 5.75 Å². The second kappa shape index (κ2) is 6.23. The third kappa shape index (κ3) is 3.48. The van der Waals surface area contributed by atoms with Gasteiger partial charge in [0.25, 0.3) is 0 Å². The predicted molar refractivity (Wildman–Crippen MR) is 77.8 cm³/mol. The van der Waals surface area contributed by atoms with Gasteiger partial charge in [0.2, 0.25) is 0 Å². The first-order valence-corrected chi connectivity index (χ1v) is 6.72. The number of rotatable bonds is 4. The topological polar surface area (TPSA) is 35.2 Å². The van der Waals surface area contributed by atoms with Gasteiger partial charge in [0.1, 0.15) is 12.4 Å². The molecule has 0 amide bonds. The van der Waals surface area contributed by atoms with E-state index in [-0.39, 0.29) is 0 Å². The molecule has 0 fully saturated rings. The summed E-state index contributed by atoms with van der Waals surface area (Å²) in [4.78, 5) is 0. The number of hydrogen-bond acceptors (Lipinski definition) is 2. The van der Waals surface area contributed by atoms with E-state index in [1.807, 2.05) is 42.5 Å². The summed E-state index contributed by atoms with van der Waals surface area (Å²) in [6, 6.07) is 13.4. The van der Waals surface area contributed by atoms with Crippen molar-refractivity contribution in [2.45, 2.75) is 13.2 Å². The molecule has 2 aromatic rings. The normalized spacial score (nSPS) is 10.4. The van der Waals surface area contributed by atoms with E-state index < -0.39 is 0 Å². The minimum Gasteiger partial charge on any atom is -0.489 e. The quantitative estimate of drug-likeness (QED) is 0.916. The minimum atomic E-state index is 0.495. The Morgan fingerprint density at radius 3 is 2.67 bits per heavy atom. The Labute approximate surface area is 120 Å². The van der Waals surface area contributed by atoms with Crippen LogP contribution in [0.15, 0.2) is 46.9 Å². The van der Waals surface area contributed by atoms with Gasteiger partial charge < -0.3 is 10.5 Å². The largest absolute Gasteiger partial charge is 0.489 e. The number of hydrogen-bond donors (Lipinski definition) is 1. The lowest BCUT2D eigenvalue weighted by atomic mass is 10.2. The first-order chi connectivity index (χ1) is 8.69. The highest BCUT2D eigenvalue weighted by Crippen LogP contribution is 2.23. The standard InChI is InChI=1S/C14H13BrClNO/c15-14-7-13(5-4-11(14)8-17)18-9-10-2-1-3-12(16)6-10/h1-7H,8-9,17H2. The Bertz CT molecular complexity index is 545. The molecule has 2 aromatic carbocycles. The fraction of sp³-hybridized carbons (Fsp3) is 0.143. The highest BCUT2D eigenvalue weighted by atomic mass is 79.9. The SMILES string of the molecule is NCc1ccc(OCc2cccc(Cl)c2)cc1Br. The van der Waals surface area contributed by atoms with Gasteiger partial charge in [0.05, 0.1) is 0 Å². The molecule has 0 bridgehead atoms. The molecule has 2 N–H and O–H groups in total. The van der Waals surface area contributed by atoms with Crippen molar-refractivity contribution in [3.05, 3.63) is 63.1 Å². The molecule has 2 rings (SSSR count). The maximum absolute atomic E-state index is 5.91. The zero-order chi connectivity index (χ0) is 13.0. The Morgan fingerprint density at radius 2 is 2.00 bits per heavy atom. The molecule has 0 aliphatic carbocycles. The van der Waals surface area contributed by atoms with Crippen LogP contribution in [0.4, 0.5) is 0 Å². The van der Waals surface area contributed by atoms with Gasteiger partial charge in [-0.1, -0.05) is 45.7 Å². The van der Waals surface area contributed by atoms with Gasteiger partial charge in [-0.3, -0.25) is 0 Å². The molecule has 94 valence electrons. The van der Waals surface area contributed by atoms with E-state index in [0.717, 1.165) is 26.4 Å². The smallest absolute Gasteiger partial charge is 0.120 e. The summed E-state index contributed by atoms with van der Waals surface area (Å²) in [7, 11) is 0. The fourth-order valence-electron chi connectivity index (χ4n) is 1.58. The van der Waals surface area contributed by atoms with Crippen LogP contribution in [-0.4, -0.2) is 0 Å².